The van der Waals surface area contributed by atoms with Crippen molar-refractivity contribution < 1.29 is 0 Å². The molecule has 15 rings (SSSR count). The van der Waals surface area contributed by atoms with E-state index in [1.807, 2.05) is 0 Å². The highest BCUT2D eigenvalue weighted by Crippen LogP contribution is 2.56. The fourth-order valence-electron chi connectivity index (χ4n) is 12.8. The van der Waals surface area contributed by atoms with Crippen molar-refractivity contribution in [3.63, 3.8) is 0 Å². The maximum absolute atomic E-state index is 12.5. The number of nitrogens with zero attached hydrogens (tertiary/aromatic N) is 6. The van der Waals surface area contributed by atoms with Crippen LogP contribution in [0.25, 0.3) is 126 Å². The number of hydrogen-bond acceptors (Lipinski definition) is 1. The van der Waals surface area contributed by atoms with E-state index in [0.717, 1.165) is 92.9 Å². The van der Waals surface area contributed by atoms with E-state index in [-0.39, 0.29) is 5.41 Å². The summed E-state index contributed by atoms with van der Waals surface area (Å²) in [5.74, 6) is 0. The second-order valence-corrected chi connectivity index (χ2v) is 19.4. The molecule has 1 aliphatic rings. The molecule has 4 heterocycles. The third-order valence-electron chi connectivity index (χ3n) is 15.6. The fraction of sp³-hybridized carbons (Fsp3) is 0.0462. The Balaban J connectivity index is 1.27. The normalized spacial score (nSPS) is 13.0. The number of nitriles is 1. The van der Waals surface area contributed by atoms with E-state index in [2.05, 4.69) is 244 Å². The van der Waals surface area contributed by atoms with E-state index in [4.69, 9.17) is 4.85 Å². The summed E-state index contributed by atoms with van der Waals surface area (Å²) in [4.78, 5) is 4.72. The lowest BCUT2D eigenvalue weighted by molar-refractivity contribution is 0.666. The van der Waals surface area contributed by atoms with Crippen LogP contribution in [0, 0.1) is 17.9 Å². The number of benzene rings is 10. The lowest BCUT2D eigenvalue weighted by Crippen LogP contribution is -2.16. The molecule has 0 radical (unpaired) electrons. The molecule has 0 unspecified atom stereocenters. The van der Waals surface area contributed by atoms with E-state index in [0.29, 0.717) is 28.3 Å². The molecule has 10 aromatic carbocycles. The molecule has 0 spiro atoms. The minimum absolute atomic E-state index is 0.329. The van der Waals surface area contributed by atoms with Gasteiger partial charge in [0.05, 0.1) is 79.0 Å². The highest BCUT2D eigenvalue weighted by molar-refractivity contribution is 6.18. The first-order chi connectivity index (χ1) is 35.0. The molecule has 0 bridgehead atoms. The summed E-state index contributed by atoms with van der Waals surface area (Å²) in [5.41, 5.74) is 15.8. The lowest BCUT2D eigenvalue weighted by Gasteiger charge is -2.27. The van der Waals surface area contributed by atoms with Crippen LogP contribution < -0.4 is 0 Å². The van der Waals surface area contributed by atoms with Gasteiger partial charge in [0.1, 0.15) is 6.07 Å². The third kappa shape index (κ3) is 4.98. The van der Waals surface area contributed by atoms with Crippen LogP contribution in [0.2, 0.25) is 0 Å². The van der Waals surface area contributed by atoms with Crippen LogP contribution in [0.15, 0.2) is 206 Å². The van der Waals surface area contributed by atoms with Crippen molar-refractivity contribution in [1.82, 2.24) is 18.3 Å². The molecule has 0 amide bonds. The summed E-state index contributed by atoms with van der Waals surface area (Å²) in [7, 11) is 0. The smallest absolute Gasteiger partial charge is 0.237 e. The topological polar surface area (TPSA) is 47.9 Å². The average Bonchev–Trinajstić information content (AvgIpc) is 4.20. The predicted molar refractivity (Wildman–Crippen MR) is 292 cm³/mol. The Kier molecular flexibility index (Phi) is 7.88. The van der Waals surface area contributed by atoms with Crippen molar-refractivity contribution in [3.8, 4) is 39.9 Å². The second-order valence-electron chi connectivity index (χ2n) is 19.4. The van der Waals surface area contributed by atoms with Gasteiger partial charge >= 0.3 is 0 Å². The molecule has 0 atom stereocenters. The van der Waals surface area contributed by atoms with E-state index in [1.165, 1.54) is 22.3 Å². The Morgan fingerprint density at radius 1 is 0.380 bits per heavy atom. The van der Waals surface area contributed by atoms with Crippen LogP contribution in [-0.2, 0) is 5.41 Å². The summed E-state index contributed by atoms with van der Waals surface area (Å²) < 4.78 is 9.21. The van der Waals surface area contributed by atoms with Gasteiger partial charge in [0.2, 0.25) is 5.69 Å². The van der Waals surface area contributed by atoms with Crippen LogP contribution >= 0.6 is 0 Å². The fourth-order valence-corrected chi connectivity index (χ4v) is 12.8. The molecule has 330 valence electrons. The zero-order chi connectivity index (χ0) is 47.3. The quantitative estimate of drug-likeness (QED) is 0.162. The standard InChI is InChI=1S/C65H40N6/c1-65(2)49-28-12-4-20-39(49)46-36-37-57-58(59(46)65)47-27-11-19-35-56(47)71(57)62-48(38-66)61(68-50-29-13-5-21-40(50)41-22-6-14-30-51(41)68)60(67-3)63(69-52-31-15-7-23-42(52)43-24-8-16-32-53(43)69)64(62)70-54-33-17-9-25-44(54)45-26-10-18-34-55(45)70/h4-37H,1-2H3. The lowest BCUT2D eigenvalue weighted by atomic mass is 9.80. The van der Waals surface area contributed by atoms with Crippen LogP contribution in [0.4, 0.5) is 5.69 Å². The summed E-state index contributed by atoms with van der Waals surface area (Å²) in [6, 6.07) is 75.9. The molecule has 14 aromatic rings. The van der Waals surface area contributed by atoms with Crippen molar-refractivity contribution in [3.05, 3.63) is 234 Å². The van der Waals surface area contributed by atoms with Gasteiger partial charge in [-0.15, -0.1) is 0 Å². The van der Waals surface area contributed by atoms with Gasteiger partial charge in [-0.05, 0) is 70.8 Å². The summed E-state index contributed by atoms with van der Waals surface area (Å²) in [6.07, 6.45) is 0. The Labute approximate surface area is 408 Å². The number of fused-ring (bicyclic) bond motifs is 16. The molecule has 4 aromatic heterocycles. The Morgan fingerprint density at radius 3 is 1.20 bits per heavy atom. The molecular formula is C65H40N6. The first-order valence-corrected chi connectivity index (χ1v) is 24.1. The van der Waals surface area contributed by atoms with Gasteiger partial charge in [0.15, 0.2) is 0 Å². The number of rotatable bonds is 4. The first kappa shape index (κ1) is 39.4. The predicted octanol–water partition coefficient (Wildman–Crippen LogP) is 16.8. The van der Waals surface area contributed by atoms with Gasteiger partial charge in [-0.2, -0.15) is 5.26 Å². The third-order valence-corrected chi connectivity index (χ3v) is 15.6. The van der Waals surface area contributed by atoms with Crippen molar-refractivity contribution in [2.45, 2.75) is 19.3 Å². The van der Waals surface area contributed by atoms with Gasteiger partial charge in [-0.3, -0.25) is 0 Å². The largest absolute Gasteiger partial charge is 0.318 e. The molecule has 0 saturated carbocycles. The van der Waals surface area contributed by atoms with Crippen LogP contribution in [0.3, 0.4) is 0 Å². The summed E-state index contributed by atoms with van der Waals surface area (Å²) in [5, 5.41) is 21.1. The molecule has 0 N–H and O–H groups in total. The minimum atomic E-state index is -0.329. The number of para-hydroxylation sites is 7. The number of aromatic nitrogens is 4. The maximum atomic E-state index is 12.5. The maximum Gasteiger partial charge on any atom is 0.237 e. The van der Waals surface area contributed by atoms with Gasteiger partial charge in [-0.1, -0.05) is 172 Å². The molecule has 0 saturated heterocycles. The van der Waals surface area contributed by atoms with E-state index in [1.54, 1.807) is 0 Å². The van der Waals surface area contributed by atoms with Crippen LogP contribution in [-0.4, -0.2) is 18.3 Å². The van der Waals surface area contributed by atoms with Gasteiger partial charge < -0.3 is 18.3 Å². The van der Waals surface area contributed by atoms with E-state index < -0.39 is 0 Å². The molecule has 6 heteroatoms. The van der Waals surface area contributed by atoms with Crippen LogP contribution in [0.1, 0.15) is 30.5 Å². The molecule has 0 fully saturated rings. The molecule has 6 nitrogen and oxygen atoms in total. The Hall–Kier alpha value is -9.62. The Morgan fingerprint density at radius 2 is 0.746 bits per heavy atom. The highest BCUT2D eigenvalue weighted by Gasteiger charge is 2.40. The van der Waals surface area contributed by atoms with Crippen molar-refractivity contribution in [2.75, 3.05) is 0 Å². The average molecular weight is 905 g/mol. The zero-order valence-electron chi connectivity index (χ0n) is 38.8. The van der Waals surface area contributed by atoms with E-state index in [9.17, 15) is 11.8 Å². The van der Waals surface area contributed by atoms with Gasteiger partial charge in [0.25, 0.3) is 0 Å². The van der Waals surface area contributed by atoms with Crippen LogP contribution in [0.5, 0.6) is 0 Å². The molecule has 0 aliphatic heterocycles. The monoisotopic (exact) mass is 904 g/mol. The van der Waals surface area contributed by atoms with Gasteiger partial charge in [-0.25, -0.2) is 4.85 Å². The SMILES string of the molecule is [C-]#[N+]c1c(-n2c3ccccc3c3ccccc32)c(C#N)c(-n2c3ccccc3c3c4c(ccc32)-c2ccccc2C4(C)C)c(-n2c3ccccc3c3ccccc32)c1-n1c2ccccc2c2ccccc21. The van der Waals surface area contributed by atoms with Crippen molar-refractivity contribution in [2.24, 2.45) is 0 Å². The first-order valence-electron chi connectivity index (χ1n) is 24.1. The summed E-state index contributed by atoms with van der Waals surface area (Å²) >= 11 is 0. The molecule has 71 heavy (non-hydrogen) atoms. The van der Waals surface area contributed by atoms with Crippen molar-refractivity contribution in [1.29, 1.82) is 5.26 Å². The Bertz CT molecular complexity index is 4600. The molecular weight excluding hydrogens is 865 g/mol. The minimum Gasteiger partial charge on any atom is -0.318 e. The van der Waals surface area contributed by atoms with Gasteiger partial charge in [0, 0.05) is 48.5 Å². The number of hydrogen-bond donors (Lipinski definition) is 0. The van der Waals surface area contributed by atoms with Crippen molar-refractivity contribution >= 4 is 92.9 Å². The highest BCUT2D eigenvalue weighted by atomic mass is 15.1. The van der Waals surface area contributed by atoms with E-state index >= 15 is 0 Å². The zero-order valence-corrected chi connectivity index (χ0v) is 38.8. The second kappa shape index (κ2) is 14.2. The summed E-state index contributed by atoms with van der Waals surface area (Å²) in [6.45, 7) is 14.3. The molecule has 1 aliphatic carbocycles.